The molecule has 32 heavy (non-hydrogen) atoms. The number of hydrazone groups is 1. The maximum Gasteiger partial charge on any atom is 0.244 e. The molecule has 4 aromatic rings. The van der Waals surface area contributed by atoms with E-state index in [9.17, 15) is 5.11 Å². The number of methoxy groups -OCH3 is 2. The molecule has 0 fully saturated rings. The predicted molar refractivity (Wildman–Crippen MR) is 125 cm³/mol. The van der Waals surface area contributed by atoms with Crippen LogP contribution in [0.3, 0.4) is 0 Å². The molecule has 0 aliphatic heterocycles. The number of rotatable bonds is 7. The first-order valence-corrected chi connectivity index (χ1v) is 9.92. The van der Waals surface area contributed by atoms with Crippen molar-refractivity contribution in [2.24, 2.45) is 5.10 Å². The Morgan fingerprint density at radius 3 is 2.34 bits per heavy atom. The lowest BCUT2D eigenvalue weighted by Gasteiger charge is -2.10. The van der Waals surface area contributed by atoms with Gasteiger partial charge in [-0.3, -0.25) is 0 Å². The van der Waals surface area contributed by atoms with Gasteiger partial charge in [-0.05, 0) is 30.3 Å². The zero-order valence-corrected chi connectivity index (χ0v) is 17.7. The third-order valence-electron chi connectivity index (χ3n) is 4.78. The summed E-state index contributed by atoms with van der Waals surface area (Å²) in [6.45, 7) is 0. The molecule has 3 aromatic carbocycles. The normalized spacial score (nSPS) is 10.8. The molecule has 1 aromatic heterocycles. The summed E-state index contributed by atoms with van der Waals surface area (Å²) < 4.78 is 10.6. The van der Waals surface area contributed by atoms with Gasteiger partial charge in [0.15, 0.2) is 0 Å². The fraction of sp³-hybridized carbons (Fsp3) is 0.0800. The largest absolute Gasteiger partial charge is 0.507 e. The first kappa shape index (κ1) is 20.9. The number of aromatic hydroxyl groups is 1. The molecule has 1 heterocycles. The monoisotopic (exact) mass is 426 g/mol. The zero-order chi connectivity index (χ0) is 22.3. The summed E-state index contributed by atoms with van der Waals surface area (Å²) >= 11 is 0. The summed E-state index contributed by atoms with van der Waals surface area (Å²) in [4.78, 5) is 9.14. The first-order chi connectivity index (χ1) is 15.7. The van der Waals surface area contributed by atoms with E-state index in [-0.39, 0.29) is 5.75 Å². The van der Waals surface area contributed by atoms with Crippen molar-refractivity contribution in [1.82, 2.24) is 9.97 Å². The van der Waals surface area contributed by atoms with Gasteiger partial charge in [-0.1, -0.05) is 42.5 Å². The van der Waals surface area contributed by atoms with E-state index in [2.05, 4.69) is 20.5 Å². The second-order valence-corrected chi connectivity index (χ2v) is 6.82. The minimum Gasteiger partial charge on any atom is -0.507 e. The molecule has 0 saturated carbocycles. The Bertz CT molecular complexity index is 1240. The number of phenolic OH excluding ortho intramolecular Hbond substituents is 1. The Kier molecular flexibility index (Phi) is 6.27. The number of ether oxygens (including phenoxy) is 2. The Morgan fingerprint density at radius 1 is 0.844 bits per heavy atom. The van der Waals surface area contributed by atoms with Gasteiger partial charge in [-0.25, -0.2) is 15.4 Å². The molecule has 2 N–H and O–H groups in total. The molecular formula is C25H22N4O3. The van der Waals surface area contributed by atoms with E-state index < -0.39 is 0 Å². The van der Waals surface area contributed by atoms with Gasteiger partial charge < -0.3 is 14.6 Å². The highest BCUT2D eigenvalue weighted by Crippen LogP contribution is 2.30. The molecule has 0 unspecified atom stereocenters. The SMILES string of the molecule is COc1ccc(/C=N\Nc2nc(-c3ccccc3)cc(-c3ccccc3O)n2)c(OC)c1. The van der Waals surface area contributed by atoms with E-state index in [1.807, 2.05) is 60.7 Å². The highest BCUT2D eigenvalue weighted by molar-refractivity contribution is 5.84. The number of nitrogens with one attached hydrogen (secondary N) is 1. The number of hydrogen-bond acceptors (Lipinski definition) is 7. The number of hydrogen-bond donors (Lipinski definition) is 2. The molecular weight excluding hydrogens is 404 g/mol. The molecule has 0 spiro atoms. The minimum absolute atomic E-state index is 0.141. The molecule has 7 heteroatoms. The number of anilines is 1. The summed E-state index contributed by atoms with van der Waals surface area (Å²) in [7, 11) is 3.19. The van der Waals surface area contributed by atoms with Crippen LogP contribution in [0.1, 0.15) is 5.56 Å². The van der Waals surface area contributed by atoms with Gasteiger partial charge in [0.1, 0.15) is 17.2 Å². The maximum absolute atomic E-state index is 10.3. The first-order valence-electron chi connectivity index (χ1n) is 9.92. The van der Waals surface area contributed by atoms with E-state index in [1.165, 1.54) is 0 Å². The molecule has 0 aliphatic rings. The fourth-order valence-electron chi connectivity index (χ4n) is 3.17. The van der Waals surface area contributed by atoms with Gasteiger partial charge in [-0.2, -0.15) is 5.10 Å². The number of aromatic nitrogens is 2. The quantitative estimate of drug-likeness (QED) is 0.320. The van der Waals surface area contributed by atoms with Crippen LogP contribution >= 0.6 is 0 Å². The minimum atomic E-state index is 0.141. The van der Waals surface area contributed by atoms with Crippen molar-refractivity contribution in [3.8, 4) is 39.8 Å². The van der Waals surface area contributed by atoms with Crippen LogP contribution in [0.5, 0.6) is 17.2 Å². The van der Waals surface area contributed by atoms with Crippen LogP contribution in [0.25, 0.3) is 22.5 Å². The van der Waals surface area contributed by atoms with E-state index in [0.29, 0.717) is 34.4 Å². The van der Waals surface area contributed by atoms with Crippen LogP contribution in [-0.4, -0.2) is 35.5 Å². The zero-order valence-electron chi connectivity index (χ0n) is 17.7. The Morgan fingerprint density at radius 2 is 1.59 bits per heavy atom. The maximum atomic E-state index is 10.3. The average molecular weight is 426 g/mol. The van der Waals surface area contributed by atoms with Crippen LogP contribution < -0.4 is 14.9 Å². The van der Waals surface area contributed by atoms with Crippen LogP contribution in [0.15, 0.2) is 84.0 Å². The molecule has 7 nitrogen and oxygen atoms in total. The molecule has 0 atom stereocenters. The number of benzene rings is 3. The summed E-state index contributed by atoms with van der Waals surface area (Å²) in [5.74, 6) is 1.76. The van der Waals surface area contributed by atoms with Crippen LogP contribution in [0, 0.1) is 0 Å². The van der Waals surface area contributed by atoms with Crippen LogP contribution in [-0.2, 0) is 0 Å². The van der Waals surface area contributed by atoms with E-state index in [1.54, 1.807) is 38.6 Å². The average Bonchev–Trinajstić information content (AvgIpc) is 2.85. The Balaban J connectivity index is 1.68. The van der Waals surface area contributed by atoms with Gasteiger partial charge in [0.25, 0.3) is 0 Å². The van der Waals surface area contributed by atoms with Crippen molar-refractivity contribution in [2.75, 3.05) is 19.6 Å². The standard InChI is InChI=1S/C25H22N4O3/c1-31-19-13-12-18(24(14-19)32-2)16-26-29-25-27-21(17-8-4-3-5-9-17)15-22(28-25)20-10-6-7-11-23(20)30/h3-16,30H,1-2H3,(H,27,28,29)/b26-16-. The number of phenols is 1. The number of nitrogens with zero attached hydrogens (tertiary/aromatic N) is 3. The van der Waals surface area contributed by atoms with Crippen molar-refractivity contribution in [3.05, 3.63) is 84.4 Å². The lowest BCUT2D eigenvalue weighted by Crippen LogP contribution is -2.01. The molecule has 4 rings (SSSR count). The van der Waals surface area contributed by atoms with E-state index in [0.717, 1.165) is 11.1 Å². The van der Waals surface area contributed by atoms with Crippen LogP contribution in [0.2, 0.25) is 0 Å². The van der Waals surface area contributed by atoms with Crippen molar-refractivity contribution in [1.29, 1.82) is 0 Å². The summed E-state index contributed by atoms with van der Waals surface area (Å²) in [6.07, 6.45) is 1.62. The molecule has 0 amide bonds. The smallest absolute Gasteiger partial charge is 0.244 e. The molecule has 0 saturated heterocycles. The highest BCUT2D eigenvalue weighted by atomic mass is 16.5. The Hall–Kier alpha value is -4.39. The highest BCUT2D eigenvalue weighted by Gasteiger charge is 2.11. The lowest BCUT2D eigenvalue weighted by molar-refractivity contribution is 0.394. The number of para-hydroxylation sites is 1. The summed E-state index contributed by atoms with van der Waals surface area (Å²) in [5.41, 5.74) is 6.48. The van der Waals surface area contributed by atoms with Crippen molar-refractivity contribution in [3.63, 3.8) is 0 Å². The van der Waals surface area contributed by atoms with Gasteiger partial charge in [0, 0.05) is 22.8 Å². The second kappa shape index (κ2) is 9.61. The van der Waals surface area contributed by atoms with Gasteiger partial charge >= 0.3 is 0 Å². The molecule has 0 aliphatic carbocycles. The van der Waals surface area contributed by atoms with Crippen molar-refractivity contribution >= 4 is 12.2 Å². The summed E-state index contributed by atoms with van der Waals surface area (Å²) in [5, 5.41) is 14.6. The van der Waals surface area contributed by atoms with Gasteiger partial charge in [0.05, 0.1) is 31.8 Å². The topological polar surface area (TPSA) is 88.9 Å². The van der Waals surface area contributed by atoms with E-state index >= 15 is 0 Å². The third kappa shape index (κ3) is 4.67. The fourth-order valence-corrected chi connectivity index (χ4v) is 3.17. The Labute approximate surface area is 186 Å². The van der Waals surface area contributed by atoms with Crippen molar-refractivity contribution in [2.45, 2.75) is 0 Å². The third-order valence-corrected chi connectivity index (χ3v) is 4.78. The molecule has 0 bridgehead atoms. The van der Waals surface area contributed by atoms with E-state index in [4.69, 9.17) is 9.47 Å². The van der Waals surface area contributed by atoms with Gasteiger partial charge in [-0.15, -0.1) is 0 Å². The lowest BCUT2D eigenvalue weighted by atomic mass is 10.1. The summed E-state index contributed by atoms with van der Waals surface area (Å²) in [6, 6.07) is 24.1. The second-order valence-electron chi connectivity index (χ2n) is 6.82. The molecule has 160 valence electrons. The predicted octanol–water partition coefficient (Wildman–Crippen LogP) is 4.98. The molecule has 0 radical (unpaired) electrons. The van der Waals surface area contributed by atoms with Crippen molar-refractivity contribution < 1.29 is 14.6 Å². The van der Waals surface area contributed by atoms with Gasteiger partial charge in [0.2, 0.25) is 5.95 Å². The van der Waals surface area contributed by atoms with Crippen LogP contribution in [0.4, 0.5) is 5.95 Å².